The van der Waals surface area contributed by atoms with Crippen LogP contribution in [-0.2, 0) is 0 Å². The first-order chi connectivity index (χ1) is 13.8. The number of amides is 1. The van der Waals surface area contributed by atoms with E-state index in [4.69, 9.17) is 9.73 Å². The Morgan fingerprint density at radius 3 is 2.43 bits per heavy atom. The average molecular weight is 391 g/mol. The van der Waals surface area contributed by atoms with Crippen LogP contribution in [0.1, 0.15) is 18.0 Å². The molecule has 0 saturated carbocycles. The Hall–Kier alpha value is -2.79. The molecule has 0 fully saturated rings. The fourth-order valence-corrected chi connectivity index (χ4v) is 4.30. The van der Waals surface area contributed by atoms with Crippen molar-refractivity contribution in [2.75, 3.05) is 6.26 Å². The number of hydrogen-bond donors (Lipinski definition) is 0. The van der Waals surface area contributed by atoms with Gasteiger partial charge in [0.15, 0.2) is 5.17 Å². The fraction of sp³-hybridized carbons (Fsp3) is 0.217. The number of nitrogens with zero attached hydrogens (tertiary/aromatic N) is 2. The molecule has 4 nitrogen and oxygen atoms in total. The lowest BCUT2D eigenvalue weighted by Crippen LogP contribution is -2.40. The number of thioether (sulfide) groups is 1. The summed E-state index contributed by atoms with van der Waals surface area (Å²) in [6, 6.07) is 19.0. The summed E-state index contributed by atoms with van der Waals surface area (Å²) < 4.78 is 5.68. The van der Waals surface area contributed by atoms with Gasteiger partial charge in [0.2, 0.25) is 0 Å². The smallest absolute Gasteiger partial charge is 0.410 e. The van der Waals surface area contributed by atoms with Gasteiger partial charge in [0, 0.05) is 5.92 Å². The maximum absolute atomic E-state index is 13.2. The minimum atomic E-state index is -0.397. The molecule has 0 radical (unpaired) electrons. The minimum Gasteiger partial charge on any atom is -0.410 e. The van der Waals surface area contributed by atoms with Gasteiger partial charge in [0.05, 0.1) is 12.1 Å². The Morgan fingerprint density at radius 1 is 1.07 bits per heavy atom. The Labute approximate surface area is 169 Å². The third-order valence-corrected chi connectivity index (χ3v) is 5.66. The van der Waals surface area contributed by atoms with Crippen LogP contribution < -0.4 is 4.74 Å². The van der Waals surface area contributed by atoms with Crippen molar-refractivity contribution < 1.29 is 9.53 Å². The van der Waals surface area contributed by atoms with Gasteiger partial charge in [-0.25, -0.2) is 9.69 Å². The van der Waals surface area contributed by atoms with E-state index in [0.717, 1.165) is 12.0 Å². The van der Waals surface area contributed by atoms with Gasteiger partial charge in [0.25, 0.3) is 0 Å². The van der Waals surface area contributed by atoms with Crippen molar-refractivity contribution in [1.29, 1.82) is 0 Å². The number of ether oxygens (including phenoxy) is 1. The number of hydrogen-bond acceptors (Lipinski definition) is 4. The van der Waals surface area contributed by atoms with E-state index in [0.29, 0.717) is 10.9 Å². The van der Waals surface area contributed by atoms with E-state index in [1.54, 1.807) is 17.0 Å². The predicted octanol–water partition coefficient (Wildman–Crippen LogP) is 5.46. The molecule has 2 aromatic carbocycles. The largest absolute Gasteiger partial charge is 0.422 e. The summed E-state index contributed by atoms with van der Waals surface area (Å²) in [5.41, 5.74) is 1.06. The quantitative estimate of drug-likeness (QED) is 0.699. The predicted molar refractivity (Wildman–Crippen MR) is 115 cm³/mol. The highest BCUT2D eigenvalue weighted by molar-refractivity contribution is 8.13. The van der Waals surface area contributed by atoms with Gasteiger partial charge in [-0.3, -0.25) is 4.99 Å². The molecule has 0 saturated heterocycles. The third-order valence-electron chi connectivity index (χ3n) is 4.99. The van der Waals surface area contributed by atoms with Crippen molar-refractivity contribution in [1.82, 2.24) is 4.90 Å². The molecule has 1 unspecified atom stereocenters. The zero-order valence-electron chi connectivity index (χ0n) is 15.6. The van der Waals surface area contributed by atoms with Gasteiger partial charge in [-0.05, 0) is 30.4 Å². The molecule has 1 aliphatic heterocycles. The Kier molecular flexibility index (Phi) is 5.63. The van der Waals surface area contributed by atoms with Crippen LogP contribution >= 0.6 is 11.8 Å². The number of para-hydroxylation sites is 1. The van der Waals surface area contributed by atoms with Gasteiger partial charge in [0.1, 0.15) is 5.75 Å². The maximum atomic E-state index is 13.2. The molecule has 28 heavy (non-hydrogen) atoms. The highest BCUT2D eigenvalue weighted by Crippen LogP contribution is 2.40. The minimum absolute atomic E-state index is 0.0469. The number of amidine groups is 1. The first kappa shape index (κ1) is 18.6. The average Bonchev–Trinajstić information content (AvgIpc) is 3.15. The SMILES string of the molecule is CSC1=N[C@@H](C2C=CC=CC2)[C@@H](c2ccccc2)N1C(=O)Oc1ccccc1. The summed E-state index contributed by atoms with van der Waals surface area (Å²) in [5.74, 6) is 0.774. The van der Waals surface area contributed by atoms with Gasteiger partial charge < -0.3 is 4.74 Å². The molecule has 3 atom stereocenters. The second-order valence-corrected chi connectivity index (χ2v) is 7.50. The second kappa shape index (κ2) is 8.48. The van der Waals surface area contributed by atoms with Crippen LogP contribution in [-0.4, -0.2) is 28.5 Å². The first-order valence-corrected chi connectivity index (χ1v) is 10.6. The van der Waals surface area contributed by atoms with Crippen LogP contribution in [0.25, 0.3) is 0 Å². The molecule has 0 aromatic heterocycles. The summed E-state index contributed by atoms with van der Waals surface area (Å²) in [6.45, 7) is 0. The lowest BCUT2D eigenvalue weighted by molar-refractivity contribution is 0.161. The molecule has 0 bridgehead atoms. The van der Waals surface area contributed by atoms with Crippen molar-refractivity contribution in [3.8, 4) is 5.75 Å². The number of allylic oxidation sites excluding steroid dienone is 3. The van der Waals surface area contributed by atoms with Gasteiger partial charge in [-0.15, -0.1) is 0 Å². The van der Waals surface area contributed by atoms with E-state index in [1.165, 1.54) is 11.8 Å². The zero-order chi connectivity index (χ0) is 19.3. The summed E-state index contributed by atoms with van der Waals surface area (Å²) in [4.78, 5) is 19.8. The van der Waals surface area contributed by atoms with E-state index in [1.807, 2.05) is 42.7 Å². The van der Waals surface area contributed by atoms with E-state index < -0.39 is 6.09 Å². The number of carbonyl (C=O) groups excluding carboxylic acids is 1. The molecule has 1 amide bonds. The molecule has 5 heteroatoms. The number of carbonyl (C=O) groups is 1. The first-order valence-electron chi connectivity index (χ1n) is 9.34. The van der Waals surface area contributed by atoms with Gasteiger partial charge >= 0.3 is 6.09 Å². The van der Waals surface area contributed by atoms with Crippen molar-refractivity contribution in [3.63, 3.8) is 0 Å². The molecule has 1 heterocycles. The van der Waals surface area contributed by atoms with Gasteiger partial charge in [-0.2, -0.15) is 0 Å². The van der Waals surface area contributed by atoms with Crippen LogP contribution in [0.5, 0.6) is 5.75 Å². The number of rotatable bonds is 3. The molecular formula is C23H22N2O2S. The molecule has 2 aromatic rings. The summed E-state index contributed by atoms with van der Waals surface area (Å²) in [5, 5.41) is 0.697. The lowest BCUT2D eigenvalue weighted by atomic mass is 9.85. The Bertz CT molecular complexity index is 909. The van der Waals surface area contributed by atoms with E-state index >= 15 is 0 Å². The third kappa shape index (κ3) is 3.76. The van der Waals surface area contributed by atoms with E-state index in [9.17, 15) is 4.79 Å². The standard InChI is InChI=1S/C23H22N2O2S/c1-28-22-24-20(17-11-5-2-6-12-17)21(18-13-7-3-8-14-18)25(22)23(26)27-19-15-9-4-10-16-19/h2-11,13-17,20-21H,12H2,1H3/t17?,20-,21+/m0/s1. The van der Waals surface area contributed by atoms with Crippen LogP contribution in [0.2, 0.25) is 0 Å². The van der Waals surface area contributed by atoms with Crippen molar-refractivity contribution >= 4 is 23.0 Å². The topological polar surface area (TPSA) is 41.9 Å². The molecule has 0 N–H and O–H groups in total. The van der Waals surface area contributed by atoms with Crippen LogP contribution in [0.15, 0.2) is 90.0 Å². The fourth-order valence-electron chi connectivity index (χ4n) is 3.69. The highest BCUT2D eigenvalue weighted by Gasteiger charge is 2.44. The number of benzene rings is 2. The van der Waals surface area contributed by atoms with Crippen LogP contribution in [0, 0.1) is 5.92 Å². The molecule has 1 aliphatic carbocycles. The molecule has 142 valence electrons. The van der Waals surface area contributed by atoms with Crippen LogP contribution in [0.4, 0.5) is 4.79 Å². The summed E-state index contributed by atoms with van der Waals surface area (Å²) in [6.07, 6.45) is 10.9. The van der Waals surface area contributed by atoms with Gasteiger partial charge in [-0.1, -0.05) is 84.6 Å². The maximum Gasteiger partial charge on any atom is 0.422 e. The van der Waals surface area contributed by atoms with Crippen molar-refractivity contribution in [2.45, 2.75) is 18.5 Å². The van der Waals surface area contributed by atoms with Crippen molar-refractivity contribution in [2.24, 2.45) is 10.9 Å². The highest BCUT2D eigenvalue weighted by atomic mass is 32.2. The van der Waals surface area contributed by atoms with E-state index in [-0.39, 0.29) is 18.0 Å². The Morgan fingerprint density at radius 2 is 1.79 bits per heavy atom. The zero-order valence-corrected chi connectivity index (χ0v) is 16.5. The van der Waals surface area contributed by atoms with E-state index in [2.05, 4.69) is 36.4 Å². The monoisotopic (exact) mass is 390 g/mol. The normalized spacial score (nSPS) is 23.5. The molecular weight excluding hydrogens is 368 g/mol. The molecule has 0 spiro atoms. The second-order valence-electron chi connectivity index (χ2n) is 6.73. The number of aliphatic imine (C=N–C) groups is 1. The lowest BCUT2D eigenvalue weighted by Gasteiger charge is -2.30. The Balaban J connectivity index is 1.69. The molecule has 4 rings (SSSR count). The summed E-state index contributed by atoms with van der Waals surface area (Å²) in [7, 11) is 0. The molecule has 2 aliphatic rings. The summed E-state index contributed by atoms with van der Waals surface area (Å²) >= 11 is 1.48. The van der Waals surface area contributed by atoms with Crippen LogP contribution in [0.3, 0.4) is 0 Å². The van der Waals surface area contributed by atoms with Crippen molar-refractivity contribution in [3.05, 3.63) is 90.5 Å².